The summed E-state index contributed by atoms with van der Waals surface area (Å²) in [6.07, 6.45) is -14.0. The Hall–Kier alpha value is -2.88. The highest BCUT2D eigenvalue weighted by Gasteiger charge is 2.73. The molecule has 1 aliphatic carbocycles. The largest absolute Gasteiger partial charge is 0.435 e. The molecule has 0 saturated heterocycles. The average Bonchev–Trinajstić information content (AvgIpc) is 3.57. The van der Waals surface area contributed by atoms with Gasteiger partial charge in [-0.05, 0) is 47.0 Å². The number of hydrogen-bond acceptors (Lipinski definition) is 3. The molecule has 0 bridgehead atoms. The van der Waals surface area contributed by atoms with E-state index in [1.54, 1.807) is 7.05 Å². The standard InChI is InChI=1S/C23H14BrClF10N4O/c1-38(13-2-3-13)19(40)14-4-10(7-36-18(14)25)11-8-37-39(9-11)17-15(21(27,28)29)5-12(6-16(17)24)20(26,22(30,31)32)23(33,34)35/h4-9,13H,2-3H2,1H3. The van der Waals surface area contributed by atoms with Crippen LogP contribution in [0.15, 0.2) is 41.3 Å². The van der Waals surface area contributed by atoms with E-state index < -0.39 is 57.5 Å². The van der Waals surface area contributed by atoms with Gasteiger partial charge in [0.1, 0.15) is 5.15 Å². The lowest BCUT2D eigenvalue weighted by molar-refractivity contribution is -0.348. The van der Waals surface area contributed by atoms with E-state index in [4.69, 9.17) is 11.6 Å². The fourth-order valence-electron chi connectivity index (χ4n) is 3.90. The number of rotatable bonds is 5. The zero-order valence-electron chi connectivity index (χ0n) is 19.7. The van der Waals surface area contributed by atoms with Gasteiger partial charge in [-0.1, -0.05) is 11.6 Å². The number of aromatic nitrogens is 3. The Kier molecular flexibility index (Phi) is 7.44. The molecule has 0 atom stereocenters. The first-order valence-electron chi connectivity index (χ1n) is 11.0. The van der Waals surface area contributed by atoms with Gasteiger partial charge in [0.05, 0.1) is 23.0 Å². The van der Waals surface area contributed by atoms with Gasteiger partial charge in [-0.15, -0.1) is 0 Å². The number of carbonyl (C=O) groups excluding carboxylic acids is 1. The smallest absolute Gasteiger partial charge is 0.339 e. The Morgan fingerprint density at radius 1 is 0.975 bits per heavy atom. The SMILES string of the molecule is CN(C(=O)c1cc(-c2cnn(-c3c(Br)cc(C(F)(C(F)(F)F)C(F)(F)F)cc3C(F)(F)F)c2)cnc1Cl)C1CC1. The van der Waals surface area contributed by atoms with Crippen LogP contribution in [0.2, 0.25) is 5.15 Å². The molecule has 1 fully saturated rings. The van der Waals surface area contributed by atoms with Gasteiger partial charge in [0.25, 0.3) is 5.91 Å². The van der Waals surface area contributed by atoms with Crippen LogP contribution in [0.3, 0.4) is 0 Å². The van der Waals surface area contributed by atoms with Crippen LogP contribution in [0.1, 0.15) is 34.3 Å². The van der Waals surface area contributed by atoms with Gasteiger partial charge in [0.15, 0.2) is 0 Å². The quantitative estimate of drug-likeness (QED) is 0.206. The highest BCUT2D eigenvalue weighted by molar-refractivity contribution is 9.10. The van der Waals surface area contributed by atoms with Gasteiger partial charge < -0.3 is 4.90 Å². The zero-order chi connectivity index (χ0) is 30.0. The molecule has 3 aromatic rings. The van der Waals surface area contributed by atoms with Crippen molar-refractivity contribution >= 4 is 33.4 Å². The van der Waals surface area contributed by atoms with Gasteiger partial charge in [0.2, 0.25) is 0 Å². The predicted octanol–water partition coefficient (Wildman–Crippen LogP) is 7.89. The second-order valence-corrected chi connectivity index (χ2v) is 10.1. The molecular weight excluding hydrogens is 654 g/mol. The summed E-state index contributed by atoms with van der Waals surface area (Å²) in [5.41, 5.74) is -11.2. The van der Waals surface area contributed by atoms with E-state index in [-0.39, 0.29) is 34.0 Å². The monoisotopic (exact) mass is 666 g/mol. The van der Waals surface area contributed by atoms with E-state index in [0.29, 0.717) is 4.68 Å². The molecule has 0 unspecified atom stereocenters. The van der Waals surface area contributed by atoms with Crippen molar-refractivity contribution in [3.8, 4) is 16.8 Å². The number of pyridine rings is 1. The van der Waals surface area contributed by atoms with Crippen LogP contribution < -0.4 is 0 Å². The first kappa shape index (κ1) is 30.1. The van der Waals surface area contributed by atoms with Crippen molar-refractivity contribution < 1.29 is 48.7 Å². The lowest BCUT2D eigenvalue weighted by atomic mass is 9.92. The van der Waals surface area contributed by atoms with E-state index in [9.17, 15) is 48.7 Å². The van der Waals surface area contributed by atoms with E-state index in [1.165, 1.54) is 17.2 Å². The third kappa shape index (κ3) is 5.27. The van der Waals surface area contributed by atoms with Crippen LogP contribution in [0.5, 0.6) is 0 Å². The molecule has 216 valence electrons. The van der Waals surface area contributed by atoms with Crippen LogP contribution in [-0.4, -0.2) is 51.0 Å². The van der Waals surface area contributed by atoms with E-state index in [1.807, 2.05) is 0 Å². The van der Waals surface area contributed by atoms with E-state index in [0.717, 1.165) is 25.2 Å². The number of alkyl halides is 10. The summed E-state index contributed by atoms with van der Waals surface area (Å²) >= 11 is 8.61. The van der Waals surface area contributed by atoms with Crippen molar-refractivity contribution in [2.24, 2.45) is 0 Å². The fourth-order valence-corrected chi connectivity index (χ4v) is 4.73. The van der Waals surface area contributed by atoms with Crippen LogP contribution in [0.4, 0.5) is 43.9 Å². The molecule has 1 amide bonds. The zero-order valence-corrected chi connectivity index (χ0v) is 22.0. The van der Waals surface area contributed by atoms with Crippen LogP contribution in [-0.2, 0) is 11.8 Å². The number of halogens is 12. The van der Waals surface area contributed by atoms with Crippen LogP contribution in [0, 0.1) is 0 Å². The maximum atomic E-state index is 14.6. The van der Waals surface area contributed by atoms with Crippen LogP contribution in [0.25, 0.3) is 16.8 Å². The summed E-state index contributed by atoms with van der Waals surface area (Å²) in [6, 6.07) is 0.733. The lowest BCUT2D eigenvalue weighted by Crippen LogP contribution is -2.50. The van der Waals surface area contributed by atoms with Gasteiger partial charge in [-0.2, -0.15) is 44.6 Å². The van der Waals surface area contributed by atoms with Crippen molar-refractivity contribution in [2.75, 3.05) is 7.05 Å². The summed E-state index contributed by atoms with van der Waals surface area (Å²) < 4.78 is 135. The fraction of sp³-hybridized carbons (Fsp3) is 0.348. The highest BCUT2D eigenvalue weighted by Crippen LogP contribution is 2.55. The van der Waals surface area contributed by atoms with Gasteiger partial charge in [-0.3, -0.25) is 4.79 Å². The summed E-state index contributed by atoms with van der Waals surface area (Å²) in [6.45, 7) is 0. The Morgan fingerprint density at radius 2 is 1.57 bits per heavy atom. The van der Waals surface area contributed by atoms with Crippen molar-refractivity contribution in [2.45, 2.75) is 43.1 Å². The topological polar surface area (TPSA) is 51.0 Å². The second kappa shape index (κ2) is 9.89. The molecule has 5 nitrogen and oxygen atoms in total. The van der Waals surface area contributed by atoms with Gasteiger partial charge in [-0.25, -0.2) is 14.1 Å². The molecule has 1 aromatic carbocycles. The summed E-state index contributed by atoms with van der Waals surface area (Å²) in [5.74, 6) is -0.462. The number of carbonyl (C=O) groups is 1. The number of benzene rings is 1. The van der Waals surface area contributed by atoms with Crippen molar-refractivity contribution in [1.29, 1.82) is 0 Å². The molecule has 0 aliphatic heterocycles. The third-order valence-corrected chi connectivity index (χ3v) is 7.08. The Morgan fingerprint density at radius 3 is 2.10 bits per heavy atom. The van der Waals surface area contributed by atoms with Crippen molar-refractivity contribution in [3.05, 3.63) is 63.1 Å². The number of nitrogens with zero attached hydrogens (tertiary/aromatic N) is 4. The van der Waals surface area contributed by atoms with E-state index >= 15 is 0 Å². The maximum absolute atomic E-state index is 14.6. The molecule has 1 saturated carbocycles. The molecule has 2 aromatic heterocycles. The second-order valence-electron chi connectivity index (χ2n) is 8.89. The highest BCUT2D eigenvalue weighted by atomic mass is 79.9. The molecule has 1 aliphatic rings. The molecule has 40 heavy (non-hydrogen) atoms. The first-order valence-corrected chi connectivity index (χ1v) is 12.2. The summed E-state index contributed by atoms with van der Waals surface area (Å²) in [7, 11) is 1.56. The number of hydrogen-bond donors (Lipinski definition) is 0. The molecule has 2 heterocycles. The summed E-state index contributed by atoms with van der Waals surface area (Å²) in [4.78, 5) is 18.1. The summed E-state index contributed by atoms with van der Waals surface area (Å²) in [5, 5.41) is 3.61. The van der Waals surface area contributed by atoms with Gasteiger partial charge >= 0.3 is 24.2 Å². The van der Waals surface area contributed by atoms with Gasteiger partial charge in [0, 0.05) is 46.6 Å². The molecule has 0 radical (unpaired) electrons. The minimum absolute atomic E-state index is 0.0126. The van der Waals surface area contributed by atoms with Crippen molar-refractivity contribution in [3.63, 3.8) is 0 Å². The molecule has 0 spiro atoms. The molecule has 4 rings (SSSR count). The van der Waals surface area contributed by atoms with Crippen LogP contribution >= 0.6 is 27.5 Å². The minimum Gasteiger partial charge on any atom is -0.339 e. The first-order chi connectivity index (χ1) is 18.3. The van der Waals surface area contributed by atoms with E-state index in [2.05, 4.69) is 26.0 Å². The normalized spacial score (nSPS) is 14.9. The van der Waals surface area contributed by atoms with Crippen molar-refractivity contribution in [1.82, 2.24) is 19.7 Å². The molecule has 17 heteroatoms. The predicted molar refractivity (Wildman–Crippen MR) is 125 cm³/mol. The maximum Gasteiger partial charge on any atom is 0.435 e. The Balaban J connectivity index is 1.82. The third-order valence-electron chi connectivity index (χ3n) is 6.18. The Labute approximate surface area is 231 Å². The molecule has 0 N–H and O–H groups in total. The lowest BCUT2D eigenvalue weighted by Gasteiger charge is -2.31. The average molecular weight is 668 g/mol. The Bertz CT molecular complexity index is 1450. The molecular formula is C23H14BrClF10N4O. The number of amides is 1. The minimum atomic E-state index is -6.63.